The summed E-state index contributed by atoms with van der Waals surface area (Å²) in [5.74, 6) is 0. The molecule has 2 fully saturated rings. The third-order valence-electron chi connectivity index (χ3n) is 4.49. The van der Waals surface area contributed by atoms with E-state index in [9.17, 15) is 8.42 Å². The smallest absolute Gasteiger partial charge is 0.244 e. The molecule has 1 aromatic heterocycles. The second-order valence-corrected chi connectivity index (χ2v) is 7.79. The summed E-state index contributed by atoms with van der Waals surface area (Å²) >= 11 is 0. The summed E-state index contributed by atoms with van der Waals surface area (Å²) in [6.07, 6.45) is 3.67. The van der Waals surface area contributed by atoms with Gasteiger partial charge in [0, 0.05) is 37.9 Å². The van der Waals surface area contributed by atoms with Crippen LogP contribution in [0.25, 0.3) is 0 Å². The molecule has 2 unspecified atom stereocenters. The van der Waals surface area contributed by atoms with Crippen LogP contribution in [0.4, 0.5) is 0 Å². The minimum Gasteiger partial charge on any atom is -0.325 e. The van der Waals surface area contributed by atoms with Crippen LogP contribution in [-0.2, 0) is 16.6 Å². The van der Waals surface area contributed by atoms with E-state index >= 15 is 0 Å². The number of rotatable bonds is 3. The summed E-state index contributed by atoms with van der Waals surface area (Å²) in [7, 11) is -3.47. The summed E-state index contributed by atoms with van der Waals surface area (Å²) in [5, 5.41) is 0. The van der Waals surface area contributed by atoms with Gasteiger partial charge in [0.15, 0.2) is 0 Å². The van der Waals surface area contributed by atoms with Crippen LogP contribution in [0.3, 0.4) is 0 Å². The second kappa shape index (κ2) is 5.64. The summed E-state index contributed by atoms with van der Waals surface area (Å²) in [6, 6.07) is 3.66. The highest BCUT2D eigenvalue weighted by Gasteiger charge is 2.40. The van der Waals surface area contributed by atoms with Gasteiger partial charge in [-0.1, -0.05) is 0 Å². The van der Waals surface area contributed by atoms with Crippen molar-refractivity contribution in [3.8, 4) is 0 Å². The van der Waals surface area contributed by atoms with Gasteiger partial charge in [-0.05, 0) is 38.4 Å². The molecule has 2 aliphatic heterocycles. The number of aromatic nitrogens is 1. The van der Waals surface area contributed by atoms with Crippen LogP contribution in [0.1, 0.15) is 25.5 Å². The van der Waals surface area contributed by atoms with Crippen LogP contribution in [0, 0.1) is 0 Å². The van der Waals surface area contributed by atoms with Crippen molar-refractivity contribution < 1.29 is 8.42 Å². The summed E-state index contributed by atoms with van der Waals surface area (Å²) in [6.45, 7) is 4.79. The van der Waals surface area contributed by atoms with E-state index in [1.54, 1.807) is 16.4 Å². The van der Waals surface area contributed by atoms with Crippen LogP contribution in [0.2, 0.25) is 0 Å². The molecule has 7 heteroatoms. The van der Waals surface area contributed by atoms with Gasteiger partial charge in [0.2, 0.25) is 10.0 Å². The number of hydrogen-bond acceptors (Lipinski definition) is 5. The first kappa shape index (κ1) is 14.9. The van der Waals surface area contributed by atoms with Gasteiger partial charge in [0.05, 0.1) is 5.69 Å². The molecule has 3 rings (SSSR count). The Morgan fingerprint density at radius 2 is 2.19 bits per heavy atom. The summed E-state index contributed by atoms with van der Waals surface area (Å²) < 4.78 is 27.3. The van der Waals surface area contributed by atoms with Crippen molar-refractivity contribution in [2.75, 3.05) is 19.6 Å². The Balaban J connectivity index is 1.86. The van der Waals surface area contributed by atoms with Crippen LogP contribution in [-0.4, -0.2) is 54.3 Å². The van der Waals surface area contributed by atoms with Crippen molar-refractivity contribution in [2.45, 2.75) is 43.3 Å². The third kappa shape index (κ3) is 2.70. The Morgan fingerprint density at radius 1 is 1.38 bits per heavy atom. The first-order valence-corrected chi connectivity index (χ1v) is 8.87. The van der Waals surface area contributed by atoms with Crippen molar-refractivity contribution >= 4 is 10.0 Å². The predicted octanol–water partition coefficient (Wildman–Crippen LogP) is 0.398. The van der Waals surface area contributed by atoms with E-state index in [0.29, 0.717) is 24.8 Å². The van der Waals surface area contributed by atoms with Crippen LogP contribution in [0.5, 0.6) is 0 Å². The Hall–Kier alpha value is -1.02. The van der Waals surface area contributed by atoms with Crippen molar-refractivity contribution in [1.29, 1.82) is 0 Å². The number of nitrogens with two attached hydrogens (primary N) is 1. The molecule has 2 aliphatic rings. The maximum absolute atomic E-state index is 12.8. The maximum Gasteiger partial charge on any atom is 0.244 e. The lowest BCUT2D eigenvalue weighted by Crippen LogP contribution is -2.56. The van der Waals surface area contributed by atoms with Gasteiger partial charge in [-0.25, -0.2) is 8.42 Å². The van der Waals surface area contributed by atoms with E-state index in [-0.39, 0.29) is 10.9 Å². The first-order valence-electron chi connectivity index (χ1n) is 7.43. The fourth-order valence-corrected chi connectivity index (χ4v) is 4.92. The maximum atomic E-state index is 12.8. The zero-order valence-corrected chi connectivity index (χ0v) is 13.1. The largest absolute Gasteiger partial charge is 0.325 e. The molecule has 2 atom stereocenters. The second-order valence-electron chi connectivity index (χ2n) is 5.90. The molecule has 116 valence electrons. The van der Waals surface area contributed by atoms with E-state index in [2.05, 4.69) is 9.88 Å². The number of nitrogens with zero attached hydrogens (tertiary/aromatic N) is 3. The molecule has 0 radical (unpaired) electrons. The van der Waals surface area contributed by atoms with Crippen molar-refractivity contribution in [3.63, 3.8) is 0 Å². The lowest BCUT2D eigenvalue weighted by atomic mass is 10.1. The molecule has 0 amide bonds. The van der Waals surface area contributed by atoms with Crippen LogP contribution >= 0.6 is 0 Å². The molecular weight excluding hydrogens is 288 g/mol. The topological polar surface area (TPSA) is 79.5 Å². The monoisotopic (exact) mass is 310 g/mol. The molecule has 3 heterocycles. The highest BCUT2D eigenvalue weighted by Crippen LogP contribution is 2.28. The molecule has 6 nitrogen and oxygen atoms in total. The van der Waals surface area contributed by atoms with Crippen molar-refractivity contribution in [3.05, 3.63) is 24.0 Å². The lowest BCUT2D eigenvalue weighted by molar-refractivity contribution is 0.117. The average molecular weight is 310 g/mol. The van der Waals surface area contributed by atoms with Gasteiger partial charge in [-0.2, -0.15) is 4.31 Å². The fourth-order valence-electron chi connectivity index (χ4n) is 3.32. The van der Waals surface area contributed by atoms with E-state index in [1.807, 2.05) is 6.92 Å². The van der Waals surface area contributed by atoms with Gasteiger partial charge >= 0.3 is 0 Å². The molecule has 1 aromatic rings. The molecule has 2 saturated heterocycles. The minimum atomic E-state index is -3.47. The lowest BCUT2D eigenvalue weighted by Gasteiger charge is -2.41. The average Bonchev–Trinajstić information content (AvgIpc) is 2.93. The number of piperazine rings is 1. The SMILES string of the molecule is CC1CN2CCCC2CN1S(=O)(=O)c1ccc(CN)nc1. The predicted molar refractivity (Wildman–Crippen MR) is 80.1 cm³/mol. The Morgan fingerprint density at radius 3 is 2.86 bits per heavy atom. The van der Waals surface area contributed by atoms with Gasteiger partial charge in [-0.3, -0.25) is 9.88 Å². The van der Waals surface area contributed by atoms with E-state index in [4.69, 9.17) is 5.73 Å². The van der Waals surface area contributed by atoms with Crippen LogP contribution < -0.4 is 5.73 Å². The highest BCUT2D eigenvalue weighted by atomic mass is 32.2. The third-order valence-corrected chi connectivity index (χ3v) is 6.46. The molecule has 0 aliphatic carbocycles. The highest BCUT2D eigenvalue weighted by molar-refractivity contribution is 7.89. The van der Waals surface area contributed by atoms with Gasteiger partial charge in [0.25, 0.3) is 0 Å². The normalized spacial score (nSPS) is 27.7. The van der Waals surface area contributed by atoms with Gasteiger partial charge < -0.3 is 5.73 Å². The standard InChI is InChI=1S/C14H22N4O2S/c1-11-9-17-6-2-3-13(17)10-18(11)21(19,20)14-5-4-12(7-15)16-8-14/h4-5,8,11,13H,2-3,6-7,9-10,15H2,1H3. The van der Waals surface area contributed by atoms with Gasteiger partial charge in [0.1, 0.15) is 4.90 Å². The molecule has 2 N–H and O–H groups in total. The Kier molecular flexibility index (Phi) is 4.00. The Labute approximate surface area is 126 Å². The number of sulfonamides is 1. The number of hydrogen-bond donors (Lipinski definition) is 1. The van der Waals surface area contributed by atoms with E-state index in [1.165, 1.54) is 6.20 Å². The fraction of sp³-hybridized carbons (Fsp3) is 0.643. The first-order chi connectivity index (χ1) is 10.0. The molecule has 21 heavy (non-hydrogen) atoms. The molecular formula is C14H22N4O2S. The number of pyridine rings is 1. The van der Waals surface area contributed by atoms with Crippen molar-refractivity contribution in [2.24, 2.45) is 5.73 Å². The number of fused-ring (bicyclic) bond motifs is 1. The molecule has 0 aromatic carbocycles. The van der Waals surface area contributed by atoms with Crippen LogP contribution in [0.15, 0.2) is 23.2 Å². The van der Waals surface area contributed by atoms with Gasteiger partial charge in [-0.15, -0.1) is 0 Å². The minimum absolute atomic E-state index is 0.00136. The zero-order valence-electron chi connectivity index (χ0n) is 12.3. The van der Waals surface area contributed by atoms with E-state index < -0.39 is 10.0 Å². The van der Waals surface area contributed by atoms with E-state index in [0.717, 1.165) is 25.9 Å². The molecule has 0 bridgehead atoms. The Bertz CT molecular complexity index is 602. The molecule has 0 spiro atoms. The summed E-state index contributed by atoms with van der Waals surface area (Å²) in [4.78, 5) is 6.78. The summed E-state index contributed by atoms with van der Waals surface area (Å²) in [5.41, 5.74) is 6.20. The quantitative estimate of drug-likeness (QED) is 0.874. The zero-order chi connectivity index (χ0) is 15.0. The van der Waals surface area contributed by atoms with Crippen molar-refractivity contribution in [1.82, 2.24) is 14.2 Å². The molecule has 0 saturated carbocycles.